The molecule has 2 rings (SSSR count). The second-order valence-electron chi connectivity index (χ2n) is 4.03. The van der Waals surface area contributed by atoms with Crippen molar-refractivity contribution in [1.29, 1.82) is 0 Å². The smallest absolute Gasteiger partial charge is 0.296 e. The fourth-order valence-corrected chi connectivity index (χ4v) is 2.04. The number of fused-ring (bicyclic) bond motifs is 1. The molecule has 0 aliphatic carbocycles. The Labute approximate surface area is 88.5 Å². The van der Waals surface area contributed by atoms with Crippen molar-refractivity contribution in [2.45, 2.75) is 27.7 Å². The number of ketones is 1. The maximum atomic E-state index is 11.6. The van der Waals surface area contributed by atoms with E-state index in [1.807, 2.05) is 27.7 Å². The number of hydrogen-bond acceptors (Lipinski definition) is 2. The van der Waals surface area contributed by atoms with Crippen LogP contribution in [0.1, 0.15) is 32.6 Å². The molecule has 1 aliphatic heterocycles. The van der Waals surface area contributed by atoms with E-state index < -0.39 is 11.7 Å². The highest BCUT2D eigenvalue weighted by atomic mass is 16.2. The summed E-state index contributed by atoms with van der Waals surface area (Å²) in [5.74, 6) is -0.921. The van der Waals surface area contributed by atoms with Crippen molar-refractivity contribution in [3.05, 3.63) is 27.8 Å². The van der Waals surface area contributed by atoms with Gasteiger partial charge in [-0.05, 0) is 49.9 Å². The number of nitrogens with one attached hydrogen (secondary N) is 1. The van der Waals surface area contributed by atoms with Crippen LogP contribution in [0.4, 0.5) is 5.69 Å². The topological polar surface area (TPSA) is 46.2 Å². The van der Waals surface area contributed by atoms with E-state index in [2.05, 4.69) is 5.32 Å². The number of rotatable bonds is 0. The fraction of sp³-hybridized carbons (Fsp3) is 0.333. The van der Waals surface area contributed by atoms with Crippen LogP contribution >= 0.6 is 0 Å². The highest BCUT2D eigenvalue weighted by molar-refractivity contribution is 6.52. The molecule has 1 aromatic rings. The van der Waals surface area contributed by atoms with Gasteiger partial charge >= 0.3 is 0 Å². The van der Waals surface area contributed by atoms with Gasteiger partial charge in [-0.3, -0.25) is 9.59 Å². The molecule has 15 heavy (non-hydrogen) atoms. The molecule has 1 N–H and O–H groups in total. The molecule has 1 heterocycles. The molecule has 0 saturated heterocycles. The van der Waals surface area contributed by atoms with Crippen molar-refractivity contribution in [2.24, 2.45) is 0 Å². The summed E-state index contributed by atoms with van der Waals surface area (Å²) < 4.78 is 0. The van der Waals surface area contributed by atoms with Crippen molar-refractivity contribution < 1.29 is 9.59 Å². The summed E-state index contributed by atoms with van der Waals surface area (Å²) in [6.45, 7) is 7.80. The summed E-state index contributed by atoms with van der Waals surface area (Å²) in [7, 11) is 0. The zero-order valence-electron chi connectivity index (χ0n) is 9.32. The summed E-state index contributed by atoms with van der Waals surface area (Å²) >= 11 is 0. The van der Waals surface area contributed by atoms with Gasteiger partial charge in [0.05, 0.1) is 11.3 Å². The summed E-state index contributed by atoms with van der Waals surface area (Å²) in [4.78, 5) is 22.9. The fourth-order valence-electron chi connectivity index (χ4n) is 2.04. The van der Waals surface area contributed by atoms with Crippen molar-refractivity contribution in [3.8, 4) is 0 Å². The maximum absolute atomic E-state index is 11.6. The number of hydrogen-bond donors (Lipinski definition) is 1. The van der Waals surface area contributed by atoms with E-state index >= 15 is 0 Å². The van der Waals surface area contributed by atoms with Crippen LogP contribution in [0.15, 0.2) is 0 Å². The lowest BCUT2D eigenvalue weighted by molar-refractivity contribution is -0.112. The van der Waals surface area contributed by atoms with Gasteiger partial charge < -0.3 is 5.32 Å². The minimum atomic E-state index is -0.513. The minimum absolute atomic E-state index is 0.409. The van der Waals surface area contributed by atoms with Gasteiger partial charge in [0.1, 0.15) is 0 Å². The molecule has 0 radical (unpaired) electrons. The maximum Gasteiger partial charge on any atom is 0.296 e. The predicted octanol–water partition coefficient (Wildman–Crippen LogP) is 2.06. The summed E-state index contributed by atoms with van der Waals surface area (Å²) in [6.07, 6.45) is 0. The van der Waals surface area contributed by atoms with Crippen LogP contribution in [0.5, 0.6) is 0 Å². The van der Waals surface area contributed by atoms with Crippen LogP contribution in [0.3, 0.4) is 0 Å². The predicted molar refractivity (Wildman–Crippen MR) is 58.4 cm³/mol. The van der Waals surface area contributed by atoms with Crippen LogP contribution in [0, 0.1) is 27.7 Å². The lowest BCUT2D eigenvalue weighted by Crippen LogP contribution is -2.13. The van der Waals surface area contributed by atoms with E-state index in [0.717, 1.165) is 22.3 Å². The quantitative estimate of drug-likeness (QED) is 0.656. The van der Waals surface area contributed by atoms with E-state index in [0.29, 0.717) is 11.3 Å². The Morgan fingerprint density at radius 1 is 0.800 bits per heavy atom. The first-order valence-corrected chi connectivity index (χ1v) is 4.91. The molecule has 0 saturated carbocycles. The van der Waals surface area contributed by atoms with Crippen molar-refractivity contribution in [2.75, 3.05) is 5.32 Å². The lowest BCUT2D eigenvalue weighted by atomic mass is 9.92. The zero-order chi connectivity index (χ0) is 11.3. The average Bonchev–Trinajstić information content (AvgIpc) is 2.50. The molecule has 1 aromatic carbocycles. The summed E-state index contributed by atoms with van der Waals surface area (Å²) in [5.41, 5.74) is 5.40. The monoisotopic (exact) mass is 203 g/mol. The van der Waals surface area contributed by atoms with Crippen LogP contribution in [-0.2, 0) is 4.79 Å². The van der Waals surface area contributed by atoms with E-state index in [9.17, 15) is 9.59 Å². The molecule has 0 bridgehead atoms. The van der Waals surface area contributed by atoms with E-state index in [1.54, 1.807) is 0 Å². The molecule has 0 atom stereocenters. The first kappa shape index (κ1) is 9.90. The molecule has 78 valence electrons. The molecule has 0 spiro atoms. The number of amides is 1. The first-order chi connectivity index (χ1) is 6.95. The molecular formula is C12H13NO2. The Morgan fingerprint density at radius 3 is 1.93 bits per heavy atom. The largest absolute Gasteiger partial charge is 0.318 e. The van der Waals surface area contributed by atoms with E-state index in [-0.39, 0.29) is 0 Å². The highest BCUT2D eigenvalue weighted by Gasteiger charge is 2.32. The van der Waals surface area contributed by atoms with Gasteiger partial charge in [0.25, 0.3) is 11.7 Å². The Morgan fingerprint density at radius 2 is 1.33 bits per heavy atom. The normalized spacial score (nSPS) is 14.1. The van der Waals surface area contributed by atoms with Gasteiger partial charge in [0.2, 0.25) is 0 Å². The Hall–Kier alpha value is -1.64. The number of benzene rings is 1. The molecule has 0 fully saturated rings. The minimum Gasteiger partial charge on any atom is -0.318 e. The summed E-state index contributed by atoms with van der Waals surface area (Å²) in [6, 6.07) is 0. The van der Waals surface area contributed by atoms with Gasteiger partial charge in [0, 0.05) is 0 Å². The molecule has 3 nitrogen and oxygen atoms in total. The molecule has 3 heteroatoms. The molecule has 0 aromatic heterocycles. The number of anilines is 1. The van der Waals surface area contributed by atoms with Gasteiger partial charge in [-0.25, -0.2) is 0 Å². The average molecular weight is 203 g/mol. The van der Waals surface area contributed by atoms with Gasteiger partial charge in [-0.2, -0.15) is 0 Å². The number of Topliss-reactive ketones (excluding diaryl/α,β-unsaturated/α-hetero) is 1. The highest BCUT2D eigenvalue weighted by Crippen LogP contribution is 2.34. The lowest BCUT2D eigenvalue weighted by Gasteiger charge is -2.13. The third-order valence-electron chi connectivity index (χ3n) is 3.36. The van der Waals surface area contributed by atoms with Crippen molar-refractivity contribution in [1.82, 2.24) is 0 Å². The second-order valence-corrected chi connectivity index (χ2v) is 4.03. The SMILES string of the molecule is Cc1c(C)c(C)c2c(c1C)NC(=O)C2=O. The second kappa shape index (κ2) is 2.92. The molecule has 1 aliphatic rings. The van der Waals surface area contributed by atoms with Crippen molar-refractivity contribution in [3.63, 3.8) is 0 Å². The van der Waals surface area contributed by atoms with Gasteiger partial charge in [-0.1, -0.05) is 0 Å². The zero-order valence-corrected chi connectivity index (χ0v) is 9.32. The Balaban J connectivity index is 2.86. The van der Waals surface area contributed by atoms with Crippen LogP contribution in [0.25, 0.3) is 0 Å². The first-order valence-electron chi connectivity index (χ1n) is 4.91. The Kier molecular flexibility index (Phi) is 1.93. The third-order valence-corrected chi connectivity index (χ3v) is 3.36. The molecular weight excluding hydrogens is 190 g/mol. The van der Waals surface area contributed by atoms with Crippen LogP contribution in [0.2, 0.25) is 0 Å². The molecule has 1 amide bonds. The van der Waals surface area contributed by atoms with Crippen LogP contribution in [-0.4, -0.2) is 11.7 Å². The Bertz CT molecular complexity index is 501. The van der Waals surface area contributed by atoms with Gasteiger partial charge in [0.15, 0.2) is 0 Å². The number of carbonyl (C=O) groups is 2. The molecule has 0 unspecified atom stereocenters. The summed E-state index contributed by atoms with van der Waals surface area (Å²) in [5, 5.41) is 2.64. The standard InChI is InChI=1S/C12H13NO2/c1-5-6(2)8(4)10-9(7(5)3)11(14)12(15)13-10/h1-4H3,(H,13,14,15). The third kappa shape index (κ3) is 1.12. The van der Waals surface area contributed by atoms with Crippen molar-refractivity contribution >= 4 is 17.4 Å². The van der Waals surface area contributed by atoms with Gasteiger partial charge in [-0.15, -0.1) is 0 Å². The van der Waals surface area contributed by atoms with Crippen LogP contribution < -0.4 is 5.32 Å². The van der Waals surface area contributed by atoms with E-state index in [1.165, 1.54) is 0 Å². The van der Waals surface area contributed by atoms with E-state index in [4.69, 9.17) is 0 Å². The number of carbonyl (C=O) groups excluding carboxylic acids is 2.